The highest BCUT2D eigenvalue weighted by Crippen LogP contribution is 2.52. The van der Waals surface area contributed by atoms with Gasteiger partial charge in [0.05, 0.1) is 24.2 Å². The van der Waals surface area contributed by atoms with E-state index in [1.54, 1.807) is 13.2 Å². The van der Waals surface area contributed by atoms with E-state index >= 15 is 0 Å². The molecule has 4 aliphatic rings. The molecule has 5 rings (SSSR count). The lowest BCUT2D eigenvalue weighted by atomic mass is 9.73. The second-order valence-electron chi connectivity index (χ2n) is 11.6. The van der Waals surface area contributed by atoms with Gasteiger partial charge < -0.3 is 19.3 Å². The summed E-state index contributed by atoms with van der Waals surface area (Å²) in [5, 5.41) is 0. The quantitative estimate of drug-likeness (QED) is 0.553. The first-order valence-corrected chi connectivity index (χ1v) is 13.3. The Hall–Kier alpha value is -1.87. The summed E-state index contributed by atoms with van der Waals surface area (Å²) in [5.41, 5.74) is -0.680. The smallest absolute Gasteiger partial charge is 0.379 e. The van der Waals surface area contributed by atoms with Crippen LogP contribution < -0.4 is 4.90 Å². The van der Waals surface area contributed by atoms with Crippen molar-refractivity contribution >= 4 is 11.6 Å². The number of pyridine rings is 1. The maximum atomic E-state index is 14.1. The summed E-state index contributed by atoms with van der Waals surface area (Å²) in [6, 6.07) is 2.87. The first-order chi connectivity index (χ1) is 17.1. The van der Waals surface area contributed by atoms with Crippen LogP contribution in [0.1, 0.15) is 58.1 Å². The fraction of sp³-hybridized carbons (Fsp3) is 0.778. The van der Waals surface area contributed by atoms with Crippen LogP contribution in [0.5, 0.6) is 0 Å². The Morgan fingerprint density at radius 1 is 1.28 bits per heavy atom. The lowest BCUT2D eigenvalue weighted by Crippen LogP contribution is -2.54. The van der Waals surface area contributed by atoms with E-state index in [4.69, 9.17) is 9.47 Å². The van der Waals surface area contributed by atoms with Gasteiger partial charge in [0, 0.05) is 44.7 Å². The molecule has 6 nitrogen and oxygen atoms in total. The van der Waals surface area contributed by atoms with Gasteiger partial charge in [-0.2, -0.15) is 13.2 Å². The van der Waals surface area contributed by atoms with Gasteiger partial charge in [-0.05, 0) is 68.4 Å². The summed E-state index contributed by atoms with van der Waals surface area (Å²) in [6.45, 7) is 6.93. The molecule has 4 heterocycles. The van der Waals surface area contributed by atoms with Gasteiger partial charge in [0.25, 0.3) is 0 Å². The number of halogens is 3. The molecule has 0 spiro atoms. The number of nitrogens with zero attached hydrogens (tertiary/aromatic N) is 3. The van der Waals surface area contributed by atoms with Crippen molar-refractivity contribution in [1.29, 1.82) is 0 Å². The minimum atomic E-state index is -4.46. The molecule has 200 valence electrons. The van der Waals surface area contributed by atoms with Crippen molar-refractivity contribution in [3.8, 4) is 0 Å². The lowest BCUT2D eigenvalue weighted by molar-refractivity contribution is -0.146. The highest BCUT2D eigenvalue weighted by molar-refractivity contribution is 5.84. The van der Waals surface area contributed by atoms with E-state index in [2.05, 4.69) is 23.7 Å². The van der Waals surface area contributed by atoms with E-state index in [-0.39, 0.29) is 35.4 Å². The van der Waals surface area contributed by atoms with E-state index in [0.29, 0.717) is 37.2 Å². The number of methoxy groups -OCH3 is 1. The van der Waals surface area contributed by atoms with Crippen LogP contribution in [0, 0.1) is 23.2 Å². The van der Waals surface area contributed by atoms with Crippen LogP contribution in [-0.4, -0.2) is 67.4 Å². The Kier molecular flexibility index (Phi) is 7.00. The van der Waals surface area contributed by atoms with Gasteiger partial charge in [-0.15, -0.1) is 0 Å². The average Bonchev–Trinajstić information content (AvgIpc) is 3.58. The van der Waals surface area contributed by atoms with Crippen molar-refractivity contribution in [3.63, 3.8) is 0 Å². The summed E-state index contributed by atoms with van der Waals surface area (Å²) in [4.78, 5) is 21.7. The zero-order chi connectivity index (χ0) is 25.7. The molecule has 0 unspecified atom stereocenters. The molecule has 1 aliphatic carbocycles. The summed E-state index contributed by atoms with van der Waals surface area (Å²) in [7, 11) is 1.75. The molecule has 6 atom stereocenters. The third kappa shape index (κ3) is 4.62. The maximum absolute atomic E-state index is 14.1. The Labute approximate surface area is 211 Å². The van der Waals surface area contributed by atoms with Gasteiger partial charge in [-0.3, -0.25) is 9.78 Å². The lowest BCUT2D eigenvalue weighted by Gasteiger charge is -2.42. The standard InChI is InChI=1S/C27H38F3N3O3/c1-17(2)26(7-4-18(13-26)10-19-6-9-36-16-23(19)35-3)25(34)33-15-21-11-22(33)14-32(21)20-5-8-31-24(12-20)27(28,29)30/h5,8,12,17-19,21-23H,4,6-7,9-11,13-16H2,1-3H3/t18-,19+,21-,22-,23+,26-/m0/s1. The number of anilines is 1. The molecule has 9 heteroatoms. The molecule has 0 radical (unpaired) electrons. The zero-order valence-corrected chi connectivity index (χ0v) is 21.5. The number of carbonyl (C=O) groups is 1. The van der Waals surface area contributed by atoms with E-state index in [1.807, 2.05) is 4.90 Å². The molecule has 1 saturated carbocycles. The molecule has 3 saturated heterocycles. The number of amides is 1. The Balaban J connectivity index is 1.26. The number of likely N-dealkylation sites (tertiary alicyclic amines) is 1. The number of fused-ring (bicyclic) bond motifs is 2. The Morgan fingerprint density at radius 3 is 2.75 bits per heavy atom. The number of aromatic nitrogens is 1. The van der Waals surface area contributed by atoms with E-state index < -0.39 is 11.9 Å². The predicted molar refractivity (Wildman–Crippen MR) is 129 cm³/mol. The monoisotopic (exact) mass is 509 g/mol. The maximum Gasteiger partial charge on any atom is 0.433 e. The second-order valence-corrected chi connectivity index (χ2v) is 11.6. The highest BCUT2D eigenvalue weighted by atomic mass is 19.4. The Bertz CT molecular complexity index is 958. The van der Waals surface area contributed by atoms with Crippen molar-refractivity contribution in [1.82, 2.24) is 9.88 Å². The summed E-state index contributed by atoms with van der Waals surface area (Å²) in [5.74, 6) is 1.48. The zero-order valence-electron chi connectivity index (χ0n) is 21.5. The van der Waals surface area contributed by atoms with Crippen LogP contribution in [0.3, 0.4) is 0 Å². The fourth-order valence-electron chi connectivity index (χ4n) is 7.33. The van der Waals surface area contributed by atoms with Crippen LogP contribution >= 0.6 is 0 Å². The van der Waals surface area contributed by atoms with Crippen LogP contribution in [0.15, 0.2) is 18.3 Å². The topological polar surface area (TPSA) is 54.9 Å². The molecule has 0 aromatic carbocycles. The molecule has 4 fully saturated rings. The van der Waals surface area contributed by atoms with Crippen molar-refractivity contribution in [2.75, 3.05) is 38.3 Å². The van der Waals surface area contributed by atoms with E-state index in [9.17, 15) is 18.0 Å². The number of hydrogen-bond donors (Lipinski definition) is 0. The molecule has 36 heavy (non-hydrogen) atoms. The van der Waals surface area contributed by atoms with E-state index in [0.717, 1.165) is 51.2 Å². The van der Waals surface area contributed by atoms with Gasteiger partial charge >= 0.3 is 6.18 Å². The number of rotatable bonds is 6. The minimum Gasteiger partial charge on any atom is -0.379 e. The molecule has 1 aromatic heterocycles. The molecule has 1 amide bonds. The first-order valence-electron chi connectivity index (χ1n) is 13.3. The molecule has 0 N–H and O–H groups in total. The number of piperazine rings is 1. The highest BCUT2D eigenvalue weighted by Gasteiger charge is 2.54. The first kappa shape index (κ1) is 25.8. The molecular formula is C27H38F3N3O3. The normalized spacial score (nSPS) is 34.7. The van der Waals surface area contributed by atoms with Gasteiger partial charge in [-0.25, -0.2) is 0 Å². The number of hydrogen-bond acceptors (Lipinski definition) is 5. The van der Waals surface area contributed by atoms with Crippen molar-refractivity contribution in [2.45, 2.75) is 76.7 Å². The molecule has 3 aliphatic heterocycles. The summed E-state index contributed by atoms with van der Waals surface area (Å²) in [6.07, 6.45) is 2.67. The summed E-state index contributed by atoms with van der Waals surface area (Å²) < 4.78 is 50.8. The molecular weight excluding hydrogens is 471 g/mol. The Morgan fingerprint density at radius 2 is 2.08 bits per heavy atom. The van der Waals surface area contributed by atoms with Gasteiger partial charge in [0.1, 0.15) is 5.69 Å². The number of ether oxygens (including phenoxy) is 2. The van der Waals surface area contributed by atoms with Gasteiger partial charge in [-0.1, -0.05) is 13.8 Å². The largest absolute Gasteiger partial charge is 0.433 e. The van der Waals surface area contributed by atoms with Crippen LogP contribution in [0.25, 0.3) is 0 Å². The number of alkyl halides is 3. The van der Waals surface area contributed by atoms with Crippen LogP contribution in [0.4, 0.5) is 18.9 Å². The SMILES string of the molecule is CO[C@@H]1COCC[C@@H]1C[C@@H]1CC[C@@](C(=O)N2C[C@@H]3C[C@H]2CN3c2ccnc(C(F)(F)F)c2)(C(C)C)C1. The third-order valence-corrected chi connectivity index (χ3v) is 9.43. The van der Waals surface area contributed by atoms with Gasteiger partial charge in [0.2, 0.25) is 5.91 Å². The summed E-state index contributed by atoms with van der Waals surface area (Å²) >= 11 is 0. The van der Waals surface area contributed by atoms with Crippen LogP contribution in [0.2, 0.25) is 0 Å². The van der Waals surface area contributed by atoms with Crippen LogP contribution in [-0.2, 0) is 20.4 Å². The average molecular weight is 510 g/mol. The predicted octanol–water partition coefficient (Wildman–Crippen LogP) is 4.77. The fourth-order valence-corrected chi connectivity index (χ4v) is 7.33. The minimum absolute atomic E-state index is 0.0491. The third-order valence-electron chi connectivity index (χ3n) is 9.43. The molecule has 1 aromatic rings. The van der Waals surface area contributed by atoms with Crippen molar-refractivity contribution in [2.24, 2.45) is 23.2 Å². The van der Waals surface area contributed by atoms with Gasteiger partial charge in [0.15, 0.2) is 0 Å². The molecule has 2 bridgehead atoms. The van der Waals surface area contributed by atoms with Crippen molar-refractivity contribution in [3.05, 3.63) is 24.0 Å². The van der Waals surface area contributed by atoms with E-state index in [1.165, 1.54) is 6.20 Å². The number of carbonyl (C=O) groups excluding carboxylic acids is 1. The van der Waals surface area contributed by atoms with Crippen molar-refractivity contribution < 1.29 is 27.4 Å². The second kappa shape index (κ2) is 9.78.